The molecule has 0 aliphatic heterocycles. The van der Waals surface area contributed by atoms with Gasteiger partial charge in [0.1, 0.15) is 22.7 Å². The molecule has 0 saturated heterocycles. The van der Waals surface area contributed by atoms with Gasteiger partial charge in [-0.1, -0.05) is 13.8 Å². The fourth-order valence-electron chi connectivity index (χ4n) is 2.49. The van der Waals surface area contributed by atoms with E-state index in [9.17, 15) is 8.78 Å². The van der Waals surface area contributed by atoms with Gasteiger partial charge in [0, 0.05) is 18.6 Å². The van der Waals surface area contributed by atoms with Crippen molar-refractivity contribution in [2.75, 3.05) is 13.2 Å². The molecule has 2 rings (SSSR count). The van der Waals surface area contributed by atoms with Gasteiger partial charge in [0.2, 0.25) is 0 Å². The molecular weight excluding hydrogens is 402 g/mol. The summed E-state index contributed by atoms with van der Waals surface area (Å²) in [4.78, 5) is 0. The SMILES string of the molecule is CCC(C)(C)Oc1ccc(OCCCOc2ccc(OC(C)(C)CC)c(F)c2)cc1F. The average molecular weight is 437 g/mol. The van der Waals surface area contributed by atoms with Crippen LogP contribution in [0.3, 0.4) is 0 Å². The first kappa shape index (κ1) is 24.8. The number of halogens is 2. The molecule has 0 bridgehead atoms. The molecule has 0 amide bonds. The van der Waals surface area contributed by atoms with Crippen molar-refractivity contribution >= 4 is 0 Å². The van der Waals surface area contributed by atoms with E-state index in [1.165, 1.54) is 12.1 Å². The van der Waals surface area contributed by atoms with Crippen LogP contribution in [0, 0.1) is 11.6 Å². The second-order valence-corrected chi connectivity index (χ2v) is 8.67. The largest absolute Gasteiger partial charge is 0.493 e. The fraction of sp³-hybridized carbons (Fsp3) is 0.520. The van der Waals surface area contributed by atoms with Gasteiger partial charge in [0.05, 0.1) is 13.2 Å². The number of benzene rings is 2. The maximum absolute atomic E-state index is 14.2. The maximum atomic E-state index is 14.2. The zero-order valence-electron chi connectivity index (χ0n) is 19.4. The predicted molar refractivity (Wildman–Crippen MR) is 118 cm³/mol. The van der Waals surface area contributed by atoms with Gasteiger partial charge in [0.15, 0.2) is 23.1 Å². The van der Waals surface area contributed by atoms with E-state index in [4.69, 9.17) is 18.9 Å². The predicted octanol–water partition coefficient (Wildman–Crippen LogP) is 6.95. The average Bonchev–Trinajstić information content (AvgIpc) is 2.71. The van der Waals surface area contributed by atoms with Crippen LogP contribution in [-0.4, -0.2) is 24.4 Å². The van der Waals surface area contributed by atoms with E-state index in [0.717, 1.165) is 12.8 Å². The van der Waals surface area contributed by atoms with Crippen molar-refractivity contribution in [1.82, 2.24) is 0 Å². The van der Waals surface area contributed by atoms with Crippen molar-refractivity contribution in [2.45, 2.75) is 72.0 Å². The van der Waals surface area contributed by atoms with E-state index >= 15 is 0 Å². The first-order valence-electron chi connectivity index (χ1n) is 10.8. The summed E-state index contributed by atoms with van der Waals surface area (Å²) in [6.45, 7) is 12.3. The minimum atomic E-state index is -0.459. The summed E-state index contributed by atoms with van der Waals surface area (Å²) in [6.07, 6.45) is 2.09. The number of hydrogen-bond donors (Lipinski definition) is 0. The Balaban J connectivity index is 1.78. The van der Waals surface area contributed by atoms with Gasteiger partial charge >= 0.3 is 0 Å². The lowest BCUT2D eigenvalue weighted by Crippen LogP contribution is -2.27. The van der Waals surface area contributed by atoms with Crippen LogP contribution in [-0.2, 0) is 0 Å². The van der Waals surface area contributed by atoms with E-state index in [-0.39, 0.29) is 11.5 Å². The summed E-state index contributed by atoms with van der Waals surface area (Å²) in [6, 6.07) is 9.13. The Morgan fingerprint density at radius 2 is 1.06 bits per heavy atom. The lowest BCUT2D eigenvalue weighted by atomic mass is 10.1. The van der Waals surface area contributed by atoms with Crippen molar-refractivity contribution in [1.29, 1.82) is 0 Å². The lowest BCUT2D eigenvalue weighted by molar-refractivity contribution is 0.0990. The summed E-state index contributed by atoms with van der Waals surface area (Å²) in [7, 11) is 0. The highest BCUT2D eigenvalue weighted by Crippen LogP contribution is 2.28. The van der Waals surface area contributed by atoms with Crippen molar-refractivity contribution < 1.29 is 27.7 Å². The van der Waals surface area contributed by atoms with Gasteiger partial charge in [-0.3, -0.25) is 0 Å². The Bertz CT molecular complexity index is 780. The Labute approximate surface area is 184 Å². The molecule has 6 heteroatoms. The van der Waals surface area contributed by atoms with Crippen LogP contribution in [0.1, 0.15) is 60.8 Å². The molecule has 172 valence electrons. The fourth-order valence-corrected chi connectivity index (χ4v) is 2.49. The molecule has 2 aromatic carbocycles. The van der Waals surface area contributed by atoms with E-state index < -0.39 is 22.8 Å². The monoisotopic (exact) mass is 436 g/mol. The third kappa shape index (κ3) is 7.93. The standard InChI is InChI=1S/C25H34F2O4/c1-7-24(3,4)30-22-12-10-18(16-20(22)26)28-14-9-15-29-19-11-13-23(21(27)17-19)31-25(5,6)8-2/h10-13,16-17H,7-9,14-15H2,1-6H3. The van der Waals surface area contributed by atoms with Crippen LogP contribution in [0.15, 0.2) is 36.4 Å². The van der Waals surface area contributed by atoms with E-state index in [0.29, 0.717) is 31.1 Å². The summed E-state index contributed by atoms with van der Waals surface area (Å²) in [5.74, 6) is 0.340. The quantitative estimate of drug-likeness (QED) is 0.338. The molecule has 2 aromatic rings. The molecule has 0 aliphatic rings. The van der Waals surface area contributed by atoms with Crippen molar-refractivity contribution in [3.63, 3.8) is 0 Å². The van der Waals surface area contributed by atoms with E-state index in [2.05, 4.69) is 0 Å². The Morgan fingerprint density at radius 3 is 1.39 bits per heavy atom. The zero-order chi connectivity index (χ0) is 23.1. The minimum absolute atomic E-state index is 0.208. The number of hydrogen-bond acceptors (Lipinski definition) is 4. The van der Waals surface area contributed by atoms with E-state index in [1.54, 1.807) is 24.3 Å². The van der Waals surface area contributed by atoms with Crippen LogP contribution in [0.2, 0.25) is 0 Å². The second-order valence-electron chi connectivity index (χ2n) is 8.67. The molecule has 0 saturated carbocycles. The Kier molecular flexibility index (Phi) is 8.54. The lowest BCUT2D eigenvalue weighted by Gasteiger charge is -2.25. The first-order valence-corrected chi connectivity index (χ1v) is 10.8. The Morgan fingerprint density at radius 1 is 0.677 bits per heavy atom. The third-order valence-corrected chi connectivity index (χ3v) is 5.11. The summed E-state index contributed by atoms with van der Waals surface area (Å²) < 4.78 is 51.0. The van der Waals surface area contributed by atoms with Crippen LogP contribution in [0.25, 0.3) is 0 Å². The molecule has 0 radical (unpaired) electrons. The van der Waals surface area contributed by atoms with Crippen LogP contribution >= 0.6 is 0 Å². The van der Waals surface area contributed by atoms with Gasteiger partial charge in [0.25, 0.3) is 0 Å². The molecule has 0 atom stereocenters. The van der Waals surface area contributed by atoms with Crippen molar-refractivity contribution in [3.8, 4) is 23.0 Å². The normalized spacial score (nSPS) is 11.9. The molecule has 0 aliphatic carbocycles. The molecule has 0 aromatic heterocycles. The van der Waals surface area contributed by atoms with Gasteiger partial charge in [-0.15, -0.1) is 0 Å². The van der Waals surface area contributed by atoms with Gasteiger partial charge in [-0.25, -0.2) is 8.78 Å². The summed E-state index contributed by atoms with van der Waals surface area (Å²) >= 11 is 0. The number of rotatable bonds is 12. The zero-order valence-corrected chi connectivity index (χ0v) is 19.4. The highest BCUT2D eigenvalue weighted by atomic mass is 19.1. The minimum Gasteiger partial charge on any atom is -0.493 e. The molecule has 0 spiro atoms. The molecule has 4 nitrogen and oxygen atoms in total. The molecule has 0 unspecified atom stereocenters. The first-order chi connectivity index (χ1) is 14.5. The highest BCUT2D eigenvalue weighted by molar-refractivity contribution is 5.34. The van der Waals surface area contributed by atoms with Crippen LogP contribution in [0.5, 0.6) is 23.0 Å². The van der Waals surface area contributed by atoms with Crippen molar-refractivity contribution in [3.05, 3.63) is 48.0 Å². The molecule has 0 fully saturated rings. The Hall–Kier alpha value is -2.50. The van der Waals surface area contributed by atoms with Gasteiger partial charge < -0.3 is 18.9 Å². The topological polar surface area (TPSA) is 36.9 Å². The highest BCUT2D eigenvalue weighted by Gasteiger charge is 2.20. The van der Waals surface area contributed by atoms with Gasteiger partial charge in [-0.2, -0.15) is 0 Å². The maximum Gasteiger partial charge on any atom is 0.168 e. The third-order valence-electron chi connectivity index (χ3n) is 5.11. The van der Waals surface area contributed by atoms with Gasteiger partial charge in [-0.05, 0) is 64.8 Å². The molecular formula is C25H34F2O4. The number of ether oxygens (including phenoxy) is 4. The molecule has 0 N–H and O–H groups in total. The van der Waals surface area contributed by atoms with Crippen LogP contribution < -0.4 is 18.9 Å². The molecule has 31 heavy (non-hydrogen) atoms. The van der Waals surface area contributed by atoms with Crippen LogP contribution in [0.4, 0.5) is 8.78 Å². The summed E-state index contributed by atoms with van der Waals surface area (Å²) in [5, 5.41) is 0. The summed E-state index contributed by atoms with van der Waals surface area (Å²) in [5.41, 5.74) is -0.868. The molecule has 0 heterocycles. The van der Waals surface area contributed by atoms with E-state index in [1.807, 2.05) is 41.5 Å². The smallest absolute Gasteiger partial charge is 0.168 e. The second kappa shape index (κ2) is 10.7. The van der Waals surface area contributed by atoms with Crippen molar-refractivity contribution in [2.24, 2.45) is 0 Å².